The number of carbonyl (C=O) groups excluding carboxylic acids is 1. The number of amides is 1. The normalized spacial score (nSPS) is 11.0. The molecule has 0 spiro atoms. The van der Waals surface area contributed by atoms with E-state index in [0.29, 0.717) is 21.9 Å². The van der Waals surface area contributed by atoms with E-state index in [4.69, 9.17) is 0 Å². The summed E-state index contributed by atoms with van der Waals surface area (Å²) in [6, 6.07) is 13.2. The van der Waals surface area contributed by atoms with Gasteiger partial charge in [-0.15, -0.1) is 0 Å². The Kier molecular flexibility index (Phi) is 5.13. The molecule has 0 aliphatic heterocycles. The van der Waals surface area contributed by atoms with Crippen LogP contribution in [0.5, 0.6) is 0 Å². The molecular weight excluding hydrogens is 393 g/mol. The number of hydrogen-bond donors (Lipinski definition) is 2. The van der Waals surface area contributed by atoms with Gasteiger partial charge in [0.2, 0.25) is 5.91 Å². The molecule has 0 saturated carbocycles. The number of nitrogens with one attached hydrogen (secondary N) is 2. The third-order valence-corrected chi connectivity index (χ3v) is 5.00. The lowest BCUT2D eigenvalue weighted by Gasteiger charge is -2.06. The molecule has 0 unspecified atom stereocenters. The van der Waals surface area contributed by atoms with Crippen LogP contribution in [0.2, 0.25) is 0 Å². The molecule has 0 fully saturated rings. The number of H-pyrrole nitrogens is 1. The number of rotatable bonds is 5. The van der Waals surface area contributed by atoms with Crippen LogP contribution >= 0.6 is 11.8 Å². The Morgan fingerprint density at radius 2 is 2.03 bits per heavy atom. The van der Waals surface area contributed by atoms with Gasteiger partial charge in [0.05, 0.1) is 17.6 Å². The fourth-order valence-corrected chi connectivity index (χ4v) is 3.44. The Morgan fingerprint density at radius 3 is 2.79 bits per heavy atom. The molecule has 0 saturated heterocycles. The number of hydrogen-bond acceptors (Lipinski definition) is 5. The fourth-order valence-electron chi connectivity index (χ4n) is 2.78. The summed E-state index contributed by atoms with van der Waals surface area (Å²) >= 11 is 1.10. The largest absolute Gasteiger partial charge is 0.325 e. The third-order valence-electron chi connectivity index (χ3n) is 4.13. The van der Waals surface area contributed by atoms with Gasteiger partial charge in [-0.1, -0.05) is 23.9 Å². The predicted octanol–water partition coefficient (Wildman–Crippen LogP) is 3.29. The lowest BCUT2D eigenvalue weighted by atomic mass is 10.2. The Balaban J connectivity index is 1.55. The Morgan fingerprint density at radius 1 is 1.24 bits per heavy atom. The summed E-state index contributed by atoms with van der Waals surface area (Å²) in [5, 5.41) is 7.63. The van der Waals surface area contributed by atoms with Crippen molar-refractivity contribution in [1.82, 2.24) is 19.7 Å². The van der Waals surface area contributed by atoms with Crippen LogP contribution in [0.15, 0.2) is 64.7 Å². The first-order chi connectivity index (χ1) is 14.0. The number of benzene rings is 2. The first-order valence-electron chi connectivity index (χ1n) is 8.73. The van der Waals surface area contributed by atoms with Gasteiger partial charge in [-0.25, -0.2) is 14.1 Å². The molecule has 0 aliphatic rings. The number of carbonyl (C=O) groups is 1. The minimum absolute atomic E-state index is 0.0321. The molecule has 7 nitrogen and oxygen atoms in total. The van der Waals surface area contributed by atoms with Crippen molar-refractivity contribution in [3.8, 4) is 5.69 Å². The van der Waals surface area contributed by atoms with Crippen molar-refractivity contribution >= 4 is 34.4 Å². The maximum atomic E-state index is 12.9. The molecule has 146 valence electrons. The second-order valence-electron chi connectivity index (χ2n) is 6.35. The third kappa shape index (κ3) is 4.19. The smallest absolute Gasteiger partial charge is 0.262 e. The molecule has 0 atom stereocenters. The molecule has 0 bridgehead atoms. The summed E-state index contributed by atoms with van der Waals surface area (Å²) in [7, 11) is 0. The van der Waals surface area contributed by atoms with Gasteiger partial charge in [-0.05, 0) is 48.9 Å². The molecule has 0 radical (unpaired) electrons. The number of nitrogens with zero attached hydrogens (tertiary/aromatic N) is 3. The SMILES string of the molecule is Cc1cccc(-n2ncc3c(=O)[nH]c(SCC(=O)Nc4ccc(F)cc4)nc32)c1. The highest BCUT2D eigenvalue weighted by atomic mass is 32.2. The number of aromatic nitrogens is 4. The lowest BCUT2D eigenvalue weighted by molar-refractivity contribution is -0.113. The zero-order valence-electron chi connectivity index (χ0n) is 15.3. The van der Waals surface area contributed by atoms with Crippen molar-refractivity contribution in [2.24, 2.45) is 0 Å². The fraction of sp³-hybridized carbons (Fsp3) is 0.100. The van der Waals surface area contributed by atoms with E-state index in [9.17, 15) is 14.0 Å². The standard InChI is InChI=1S/C20H16FN5O2S/c1-12-3-2-4-15(9-12)26-18-16(10-22-26)19(28)25-20(24-18)29-11-17(27)23-14-7-5-13(21)6-8-14/h2-10H,11H2,1H3,(H,23,27)(H,24,25,28). The summed E-state index contributed by atoms with van der Waals surface area (Å²) in [6.45, 7) is 1.97. The Bertz CT molecular complexity index is 1250. The molecule has 1 amide bonds. The van der Waals surface area contributed by atoms with E-state index >= 15 is 0 Å². The van der Waals surface area contributed by atoms with Crippen LogP contribution in [0.1, 0.15) is 5.56 Å². The van der Waals surface area contributed by atoms with E-state index in [2.05, 4.69) is 20.4 Å². The lowest BCUT2D eigenvalue weighted by Crippen LogP contribution is -2.15. The highest BCUT2D eigenvalue weighted by Crippen LogP contribution is 2.19. The van der Waals surface area contributed by atoms with Crippen LogP contribution in [0.4, 0.5) is 10.1 Å². The maximum absolute atomic E-state index is 12.9. The van der Waals surface area contributed by atoms with Gasteiger partial charge in [0.1, 0.15) is 11.2 Å². The molecule has 0 aliphatic carbocycles. The first kappa shape index (κ1) is 18.9. The second-order valence-corrected chi connectivity index (χ2v) is 7.31. The zero-order chi connectivity index (χ0) is 20.4. The van der Waals surface area contributed by atoms with Crippen LogP contribution in [0.25, 0.3) is 16.7 Å². The van der Waals surface area contributed by atoms with Gasteiger partial charge in [0.25, 0.3) is 5.56 Å². The topological polar surface area (TPSA) is 92.7 Å². The van der Waals surface area contributed by atoms with Crippen LogP contribution < -0.4 is 10.9 Å². The summed E-state index contributed by atoms with van der Waals surface area (Å²) in [5.41, 5.74) is 2.44. The molecule has 2 heterocycles. The number of fused-ring (bicyclic) bond motifs is 1. The highest BCUT2D eigenvalue weighted by molar-refractivity contribution is 7.99. The average Bonchev–Trinajstić information content (AvgIpc) is 3.13. The van der Waals surface area contributed by atoms with E-state index in [0.717, 1.165) is 23.0 Å². The molecule has 4 rings (SSSR count). The summed E-state index contributed by atoms with van der Waals surface area (Å²) in [5.74, 6) is -0.640. The summed E-state index contributed by atoms with van der Waals surface area (Å²) in [6.07, 6.45) is 1.47. The van der Waals surface area contributed by atoms with E-state index < -0.39 is 0 Å². The highest BCUT2D eigenvalue weighted by Gasteiger charge is 2.13. The van der Waals surface area contributed by atoms with Crippen molar-refractivity contribution in [1.29, 1.82) is 0 Å². The predicted molar refractivity (Wildman–Crippen MR) is 110 cm³/mol. The van der Waals surface area contributed by atoms with Crippen molar-refractivity contribution in [3.05, 3.63) is 76.5 Å². The van der Waals surface area contributed by atoms with E-state index in [1.54, 1.807) is 4.68 Å². The van der Waals surface area contributed by atoms with Crippen LogP contribution in [-0.2, 0) is 4.79 Å². The molecule has 2 aromatic heterocycles. The first-order valence-corrected chi connectivity index (χ1v) is 9.71. The minimum atomic E-state index is -0.377. The number of aromatic amines is 1. The molecular formula is C20H16FN5O2S. The minimum Gasteiger partial charge on any atom is -0.325 e. The van der Waals surface area contributed by atoms with E-state index in [-0.39, 0.29) is 23.0 Å². The van der Waals surface area contributed by atoms with Crippen molar-refractivity contribution in [2.75, 3.05) is 11.1 Å². The van der Waals surface area contributed by atoms with E-state index in [1.807, 2.05) is 31.2 Å². The Hall–Kier alpha value is -3.46. The summed E-state index contributed by atoms with van der Waals surface area (Å²) in [4.78, 5) is 31.6. The molecule has 4 aromatic rings. The van der Waals surface area contributed by atoms with Gasteiger partial charge in [-0.2, -0.15) is 5.10 Å². The van der Waals surface area contributed by atoms with Gasteiger partial charge >= 0.3 is 0 Å². The van der Waals surface area contributed by atoms with Crippen LogP contribution in [0.3, 0.4) is 0 Å². The van der Waals surface area contributed by atoms with Crippen LogP contribution in [-0.4, -0.2) is 31.4 Å². The molecule has 2 aromatic carbocycles. The maximum Gasteiger partial charge on any atom is 0.262 e. The Labute approximate surface area is 169 Å². The van der Waals surface area contributed by atoms with Gasteiger partial charge in [-0.3, -0.25) is 9.59 Å². The van der Waals surface area contributed by atoms with Gasteiger partial charge in [0.15, 0.2) is 10.8 Å². The zero-order valence-corrected chi connectivity index (χ0v) is 16.2. The van der Waals surface area contributed by atoms with Crippen LogP contribution in [0, 0.1) is 12.7 Å². The number of aryl methyl sites for hydroxylation is 1. The molecule has 9 heteroatoms. The number of thioether (sulfide) groups is 1. The van der Waals surface area contributed by atoms with Crippen molar-refractivity contribution in [3.63, 3.8) is 0 Å². The quantitative estimate of drug-likeness (QED) is 0.390. The molecule has 2 N–H and O–H groups in total. The second kappa shape index (κ2) is 7.88. The summed E-state index contributed by atoms with van der Waals surface area (Å²) < 4.78 is 14.5. The molecule has 29 heavy (non-hydrogen) atoms. The van der Waals surface area contributed by atoms with E-state index in [1.165, 1.54) is 30.5 Å². The van der Waals surface area contributed by atoms with Gasteiger partial charge < -0.3 is 10.3 Å². The monoisotopic (exact) mass is 409 g/mol. The van der Waals surface area contributed by atoms with Crippen molar-refractivity contribution < 1.29 is 9.18 Å². The average molecular weight is 409 g/mol. The van der Waals surface area contributed by atoms with Gasteiger partial charge in [0, 0.05) is 5.69 Å². The number of halogens is 1. The number of anilines is 1. The van der Waals surface area contributed by atoms with Crippen molar-refractivity contribution in [2.45, 2.75) is 12.1 Å².